The first-order chi connectivity index (χ1) is 12.1. The number of carbonyl (C=O) groups is 1. The number of piperidine rings is 1. The van der Waals surface area contributed by atoms with Crippen LogP contribution < -0.4 is 5.32 Å². The van der Waals surface area contributed by atoms with Gasteiger partial charge in [-0.05, 0) is 38.2 Å². The van der Waals surface area contributed by atoms with Gasteiger partial charge in [-0.25, -0.2) is 4.79 Å². The van der Waals surface area contributed by atoms with Gasteiger partial charge in [-0.15, -0.1) is 0 Å². The Bertz CT molecular complexity index is 555. The summed E-state index contributed by atoms with van der Waals surface area (Å²) in [6.07, 6.45) is 2.48. The number of ether oxygens (including phenoxy) is 1. The Morgan fingerprint density at radius 1 is 1.24 bits per heavy atom. The van der Waals surface area contributed by atoms with Crippen LogP contribution in [-0.4, -0.2) is 60.8 Å². The third-order valence-corrected chi connectivity index (χ3v) is 5.72. The van der Waals surface area contributed by atoms with Crippen molar-refractivity contribution in [2.45, 2.75) is 51.4 Å². The summed E-state index contributed by atoms with van der Waals surface area (Å²) in [5.41, 5.74) is 1.13. The number of hydrogen-bond acceptors (Lipinski definition) is 3. The Labute approximate surface area is 151 Å². The molecular formula is C20H31N3O2. The summed E-state index contributed by atoms with van der Waals surface area (Å²) in [5.74, 6) is 0.624. The number of amides is 2. The zero-order valence-corrected chi connectivity index (χ0v) is 15.6. The van der Waals surface area contributed by atoms with Gasteiger partial charge < -0.3 is 15.0 Å². The minimum atomic E-state index is 0.0555. The van der Waals surface area contributed by atoms with Gasteiger partial charge in [0.05, 0.1) is 6.10 Å². The van der Waals surface area contributed by atoms with E-state index < -0.39 is 0 Å². The maximum absolute atomic E-state index is 12.4. The number of hydrogen-bond donors (Lipinski definition) is 1. The highest BCUT2D eigenvalue weighted by Gasteiger charge is 2.45. The molecule has 0 aromatic heterocycles. The van der Waals surface area contributed by atoms with Crippen molar-refractivity contribution in [2.24, 2.45) is 5.92 Å². The van der Waals surface area contributed by atoms with Crippen LogP contribution in [0.4, 0.5) is 4.79 Å². The van der Waals surface area contributed by atoms with E-state index in [1.54, 1.807) is 0 Å². The van der Waals surface area contributed by atoms with Gasteiger partial charge in [-0.1, -0.05) is 30.3 Å². The Morgan fingerprint density at radius 3 is 2.52 bits per heavy atom. The van der Waals surface area contributed by atoms with Crippen molar-refractivity contribution >= 4 is 6.03 Å². The Balaban J connectivity index is 1.47. The minimum absolute atomic E-state index is 0.0555. The summed E-state index contributed by atoms with van der Waals surface area (Å²) in [5, 5.41) is 3.04. The summed E-state index contributed by atoms with van der Waals surface area (Å²) in [7, 11) is 1.82. The summed E-state index contributed by atoms with van der Waals surface area (Å²) < 4.78 is 5.66. The monoisotopic (exact) mass is 345 g/mol. The van der Waals surface area contributed by atoms with Crippen molar-refractivity contribution in [1.29, 1.82) is 0 Å². The summed E-state index contributed by atoms with van der Waals surface area (Å²) >= 11 is 0. The molecule has 2 amide bonds. The molecule has 0 radical (unpaired) electrons. The average molecular weight is 345 g/mol. The lowest BCUT2D eigenvalue weighted by atomic mass is 9.79. The van der Waals surface area contributed by atoms with Crippen LogP contribution in [0, 0.1) is 5.92 Å². The fraction of sp³-hybridized carbons (Fsp3) is 0.650. The SMILES string of the molecule is CO[C@H]1CN(C(C)C)[C@H]1C1CCN(C(=O)NCc2ccccc2)CC1. The van der Waals surface area contributed by atoms with E-state index in [1.807, 2.05) is 42.3 Å². The number of likely N-dealkylation sites (tertiary alicyclic amines) is 2. The average Bonchev–Trinajstić information content (AvgIpc) is 2.60. The van der Waals surface area contributed by atoms with Gasteiger partial charge in [0.25, 0.3) is 0 Å². The van der Waals surface area contributed by atoms with Crippen LogP contribution in [0.5, 0.6) is 0 Å². The van der Waals surface area contributed by atoms with Crippen LogP contribution in [0.1, 0.15) is 32.3 Å². The quantitative estimate of drug-likeness (QED) is 0.892. The number of urea groups is 1. The van der Waals surface area contributed by atoms with Crippen LogP contribution in [0.15, 0.2) is 30.3 Å². The number of nitrogens with one attached hydrogen (secondary N) is 1. The van der Waals surface area contributed by atoms with Crippen LogP contribution >= 0.6 is 0 Å². The lowest BCUT2D eigenvalue weighted by Gasteiger charge is -2.54. The van der Waals surface area contributed by atoms with Crippen molar-refractivity contribution in [2.75, 3.05) is 26.7 Å². The van der Waals surface area contributed by atoms with Crippen LogP contribution in [0.25, 0.3) is 0 Å². The molecule has 0 saturated carbocycles. The Hall–Kier alpha value is -1.59. The smallest absolute Gasteiger partial charge is 0.317 e. The van der Waals surface area contributed by atoms with E-state index in [-0.39, 0.29) is 6.03 Å². The third-order valence-electron chi connectivity index (χ3n) is 5.72. The van der Waals surface area contributed by atoms with E-state index in [2.05, 4.69) is 24.1 Å². The molecule has 5 heteroatoms. The van der Waals surface area contributed by atoms with Gasteiger partial charge >= 0.3 is 6.03 Å². The molecule has 2 atom stereocenters. The molecule has 1 aromatic rings. The summed E-state index contributed by atoms with van der Waals surface area (Å²) in [6.45, 7) is 7.82. The van der Waals surface area contributed by atoms with Gasteiger partial charge in [0, 0.05) is 45.4 Å². The highest BCUT2D eigenvalue weighted by Crippen LogP contribution is 2.35. The molecule has 5 nitrogen and oxygen atoms in total. The number of benzene rings is 1. The van der Waals surface area contributed by atoms with E-state index in [9.17, 15) is 4.79 Å². The molecule has 0 spiro atoms. The molecule has 25 heavy (non-hydrogen) atoms. The molecule has 138 valence electrons. The molecule has 2 aliphatic rings. The molecule has 0 aliphatic carbocycles. The lowest BCUT2D eigenvalue weighted by Crippen LogP contribution is -2.66. The first-order valence-corrected chi connectivity index (χ1v) is 9.45. The minimum Gasteiger partial charge on any atom is -0.378 e. The Morgan fingerprint density at radius 2 is 1.92 bits per heavy atom. The number of methoxy groups -OCH3 is 1. The fourth-order valence-corrected chi connectivity index (χ4v) is 4.19. The lowest BCUT2D eigenvalue weighted by molar-refractivity contribution is -0.127. The van der Waals surface area contributed by atoms with Gasteiger partial charge in [-0.2, -0.15) is 0 Å². The van der Waals surface area contributed by atoms with Gasteiger partial charge in [0.2, 0.25) is 0 Å². The van der Waals surface area contributed by atoms with Crippen molar-refractivity contribution < 1.29 is 9.53 Å². The normalized spacial score (nSPS) is 25.0. The molecule has 1 aromatic carbocycles. The predicted octanol–water partition coefficient (Wildman–Crippen LogP) is 2.72. The van der Waals surface area contributed by atoms with E-state index in [0.29, 0.717) is 30.7 Å². The fourth-order valence-electron chi connectivity index (χ4n) is 4.19. The van der Waals surface area contributed by atoms with Crippen LogP contribution in [0.3, 0.4) is 0 Å². The van der Waals surface area contributed by atoms with Crippen molar-refractivity contribution in [1.82, 2.24) is 15.1 Å². The van der Waals surface area contributed by atoms with Gasteiger partial charge in [0.1, 0.15) is 0 Å². The molecular weight excluding hydrogens is 314 g/mol. The Kier molecular flexibility index (Phi) is 5.97. The second-order valence-electron chi connectivity index (χ2n) is 7.52. The maximum atomic E-state index is 12.4. The number of rotatable bonds is 5. The topological polar surface area (TPSA) is 44.8 Å². The standard InChI is InChI=1S/C20H31N3O2/c1-15(2)23-14-18(25-3)19(23)17-9-11-22(12-10-17)20(24)21-13-16-7-5-4-6-8-16/h4-8,15,17-19H,9-14H2,1-3H3,(H,21,24)/t18-,19-/m0/s1. The molecule has 2 saturated heterocycles. The molecule has 0 unspecified atom stereocenters. The van der Waals surface area contributed by atoms with Gasteiger partial charge in [0.15, 0.2) is 0 Å². The third kappa shape index (κ3) is 4.15. The zero-order valence-electron chi connectivity index (χ0n) is 15.6. The zero-order chi connectivity index (χ0) is 17.8. The molecule has 3 rings (SSSR count). The van der Waals surface area contributed by atoms with Crippen LogP contribution in [-0.2, 0) is 11.3 Å². The van der Waals surface area contributed by atoms with Crippen molar-refractivity contribution in [3.8, 4) is 0 Å². The molecule has 2 fully saturated rings. The van der Waals surface area contributed by atoms with E-state index in [1.165, 1.54) is 0 Å². The van der Waals surface area contributed by atoms with E-state index in [4.69, 9.17) is 4.74 Å². The number of carbonyl (C=O) groups excluding carboxylic acids is 1. The van der Waals surface area contributed by atoms with E-state index in [0.717, 1.165) is 38.0 Å². The van der Waals surface area contributed by atoms with E-state index >= 15 is 0 Å². The van der Waals surface area contributed by atoms with Gasteiger partial charge in [-0.3, -0.25) is 4.90 Å². The van der Waals surface area contributed by atoms with Crippen molar-refractivity contribution in [3.05, 3.63) is 35.9 Å². The number of nitrogens with zero attached hydrogens (tertiary/aromatic N) is 2. The first-order valence-electron chi connectivity index (χ1n) is 9.45. The largest absolute Gasteiger partial charge is 0.378 e. The molecule has 1 N–H and O–H groups in total. The summed E-state index contributed by atoms with van der Waals surface area (Å²) in [4.78, 5) is 16.9. The second-order valence-corrected chi connectivity index (χ2v) is 7.52. The highest BCUT2D eigenvalue weighted by molar-refractivity contribution is 5.74. The highest BCUT2D eigenvalue weighted by atomic mass is 16.5. The molecule has 0 bridgehead atoms. The second kappa shape index (κ2) is 8.19. The molecule has 2 heterocycles. The predicted molar refractivity (Wildman–Crippen MR) is 99.4 cm³/mol. The molecule has 2 aliphatic heterocycles. The maximum Gasteiger partial charge on any atom is 0.317 e. The van der Waals surface area contributed by atoms with Crippen LogP contribution in [0.2, 0.25) is 0 Å². The summed E-state index contributed by atoms with van der Waals surface area (Å²) in [6, 6.07) is 11.2. The first kappa shape index (κ1) is 18.2. The van der Waals surface area contributed by atoms with Crippen molar-refractivity contribution in [3.63, 3.8) is 0 Å².